The zero-order valence-electron chi connectivity index (χ0n) is 20.6. The lowest BCUT2D eigenvalue weighted by molar-refractivity contribution is -0.128. The molecule has 11 nitrogen and oxygen atoms in total. The van der Waals surface area contributed by atoms with E-state index in [0.29, 0.717) is 101 Å². The van der Waals surface area contributed by atoms with Crippen LogP contribution in [-0.2, 0) is 20.7 Å². The van der Waals surface area contributed by atoms with Crippen molar-refractivity contribution < 1.29 is 23.0 Å². The third-order valence-electron chi connectivity index (χ3n) is 6.56. The van der Waals surface area contributed by atoms with E-state index >= 15 is 0 Å². The van der Waals surface area contributed by atoms with E-state index < -0.39 is 12.2 Å². The Hall–Kier alpha value is -3.06. The first-order chi connectivity index (χ1) is 18.0. The van der Waals surface area contributed by atoms with Gasteiger partial charge in [0.25, 0.3) is 6.43 Å². The monoisotopic (exact) mass is 538 g/mol. The number of hydrogen-bond acceptors (Lipinski definition) is 9. The Kier molecular flexibility index (Phi) is 7.70. The number of carbonyl (C=O) groups is 1. The highest BCUT2D eigenvalue weighted by atomic mass is 35.5. The SMILES string of the molecule is CCOC1=CCCc2c1nc(C(F)F)n2-c1nc(N2CCOCC2)nc(N2CCN(C(=O)CCl)CC2)n1. The normalized spacial score (nSPS) is 18.2. The van der Waals surface area contributed by atoms with E-state index in [-0.39, 0.29) is 17.7 Å². The van der Waals surface area contributed by atoms with E-state index in [2.05, 4.69) is 15.0 Å². The van der Waals surface area contributed by atoms with Crippen molar-refractivity contribution >= 4 is 35.2 Å². The van der Waals surface area contributed by atoms with Crippen LogP contribution in [0.3, 0.4) is 0 Å². The topological polar surface area (TPSA) is 102 Å². The minimum absolute atomic E-state index is 0.0720. The fourth-order valence-electron chi connectivity index (χ4n) is 4.72. The molecule has 0 radical (unpaired) electrons. The Morgan fingerprint density at radius 3 is 2.30 bits per heavy atom. The molecule has 0 saturated carbocycles. The Labute approximate surface area is 218 Å². The summed E-state index contributed by atoms with van der Waals surface area (Å²) in [5.74, 6) is 0.707. The summed E-state index contributed by atoms with van der Waals surface area (Å²) in [6.45, 7) is 6.30. The third kappa shape index (κ3) is 5.19. The van der Waals surface area contributed by atoms with Gasteiger partial charge in [-0.2, -0.15) is 15.0 Å². The van der Waals surface area contributed by atoms with Gasteiger partial charge < -0.3 is 24.2 Å². The number of morpholine rings is 1. The smallest absolute Gasteiger partial charge is 0.296 e. The van der Waals surface area contributed by atoms with Crippen LogP contribution in [0.15, 0.2) is 6.08 Å². The molecule has 1 aliphatic carbocycles. The van der Waals surface area contributed by atoms with Crippen molar-refractivity contribution in [2.45, 2.75) is 26.2 Å². The molecule has 200 valence electrons. The molecule has 2 aromatic heterocycles. The Morgan fingerprint density at radius 2 is 1.68 bits per heavy atom. The van der Waals surface area contributed by atoms with Crippen LogP contribution in [0.4, 0.5) is 20.7 Å². The maximum atomic E-state index is 14.3. The average Bonchev–Trinajstić information content (AvgIpc) is 3.34. The lowest BCUT2D eigenvalue weighted by Crippen LogP contribution is -2.50. The van der Waals surface area contributed by atoms with Gasteiger partial charge in [-0.15, -0.1) is 11.6 Å². The van der Waals surface area contributed by atoms with E-state index in [4.69, 9.17) is 26.1 Å². The first-order valence-corrected chi connectivity index (χ1v) is 12.9. The number of fused-ring (bicyclic) bond motifs is 1. The van der Waals surface area contributed by atoms with Crippen molar-refractivity contribution in [3.8, 4) is 5.95 Å². The molecule has 0 N–H and O–H groups in total. The quantitative estimate of drug-likeness (QED) is 0.490. The molecule has 0 aromatic carbocycles. The van der Waals surface area contributed by atoms with Crippen molar-refractivity contribution in [2.24, 2.45) is 0 Å². The molecule has 0 atom stereocenters. The van der Waals surface area contributed by atoms with Crippen LogP contribution in [0.2, 0.25) is 0 Å². The van der Waals surface area contributed by atoms with E-state index in [1.54, 1.807) is 4.90 Å². The Bertz CT molecular complexity index is 1160. The van der Waals surface area contributed by atoms with Gasteiger partial charge >= 0.3 is 0 Å². The number of nitrogens with zero attached hydrogens (tertiary/aromatic N) is 8. The number of allylic oxidation sites excluding steroid dienone is 1. The molecule has 2 fully saturated rings. The predicted octanol–water partition coefficient (Wildman–Crippen LogP) is 2.04. The van der Waals surface area contributed by atoms with E-state index in [9.17, 15) is 13.6 Å². The lowest BCUT2D eigenvalue weighted by atomic mass is 10.1. The van der Waals surface area contributed by atoms with Gasteiger partial charge in [-0.25, -0.2) is 13.8 Å². The number of carbonyl (C=O) groups excluding carboxylic acids is 1. The summed E-state index contributed by atoms with van der Waals surface area (Å²) in [4.78, 5) is 35.9. The zero-order chi connectivity index (χ0) is 25.9. The number of amides is 1. The van der Waals surface area contributed by atoms with Crippen molar-refractivity contribution in [3.05, 3.63) is 23.3 Å². The predicted molar refractivity (Wildman–Crippen MR) is 132 cm³/mol. The van der Waals surface area contributed by atoms with Crippen molar-refractivity contribution in [3.63, 3.8) is 0 Å². The minimum atomic E-state index is -2.84. The molecule has 5 rings (SSSR count). The summed E-state index contributed by atoms with van der Waals surface area (Å²) >= 11 is 5.72. The van der Waals surface area contributed by atoms with E-state index in [1.807, 2.05) is 22.8 Å². The second-order valence-corrected chi connectivity index (χ2v) is 9.05. The molecule has 0 spiro atoms. The molecule has 2 saturated heterocycles. The Balaban J connectivity index is 1.57. The number of aromatic nitrogens is 5. The molecule has 1 amide bonds. The van der Waals surface area contributed by atoms with Gasteiger partial charge in [-0.3, -0.25) is 9.36 Å². The average molecular weight is 539 g/mol. The first kappa shape index (κ1) is 25.6. The van der Waals surface area contributed by atoms with Crippen LogP contribution in [0.1, 0.15) is 37.0 Å². The van der Waals surface area contributed by atoms with Gasteiger partial charge in [-0.05, 0) is 25.8 Å². The number of alkyl halides is 3. The highest BCUT2D eigenvalue weighted by Gasteiger charge is 2.31. The standard InChI is InChI=1S/C23H29ClF2N8O3/c1-2-37-16-5-3-4-15-18(16)27-20(19(25)26)34(15)23-29-21(28-22(30-23)33-10-12-36-13-11-33)32-8-6-31(7-9-32)17(35)14-24/h5,19H,2-4,6-14H2,1H3. The molecule has 4 heterocycles. The van der Waals surface area contributed by atoms with Crippen LogP contribution < -0.4 is 9.80 Å². The highest BCUT2D eigenvalue weighted by molar-refractivity contribution is 6.27. The maximum absolute atomic E-state index is 14.3. The van der Waals surface area contributed by atoms with Crippen molar-refractivity contribution in [1.29, 1.82) is 0 Å². The Morgan fingerprint density at radius 1 is 1.03 bits per heavy atom. The molecular formula is C23H29ClF2N8O3. The van der Waals surface area contributed by atoms with Crippen LogP contribution in [0.25, 0.3) is 11.7 Å². The third-order valence-corrected chi connectivity index (χ3v) is 6.79. The summed E-state index contributed by atoms with van der Waals surface area (Å²) in [7, 11) is 0. The summed E-state index contributed by atoms with van der Waals surface area (Å²) in [6, 6.07) is 0. The summed E-state index contributed by atoms with van der Waals surface area (Å²) < 4.78 is 41.1. The molecule has 14 heteroatoms. The van der Waals surface area contributed by atoms with Crippen molar-refractivity contribution in [2.75, 3.05) is 74.8 Å². The van der Waals surface area contributed by atoms with Gasteiger partial charge in [-0.1, -0.05) is 0 Å². The summed E-state index contributed by atoms with van der Waals surface area (Å²) in [5, 5.41) is 0. The van der Waals surface area contributed by atoms with Crippen molar-refractivity contribution in [1.82, 2.24) is 29.4 Å². The molecule has 37 heavy (non-hydrogen) atoms. The van der Waals surface area contributed by atoms with E-state index in [0.717, 1.165) is 0 Å². The van der Waals surface area contributed by atoms with Crippen LogP contribution in [-0.4, -0.2) is 100 Å². The molecule has 0 unspecified atom stereocenters. The molecule has 0 bridgehead atoms. The molecule has 3 aliphatic rings. The summed E-state index contributed by atoms with van der Waals surface area (Å²) in [6.07, 6.45) is 0.156. The minimum Gasteiger partial charge on any atom is -0.492 e. The van der Waals surface area contributed by atoms with Crippen LogP contribution in [0.5, 0.6) is 0 Å². The maximum Gasteiger partial charge on any atom is 0.296 e. The number of rotatable bonds is 7. The zero-order valence-corrected chi connectivity index (χ0v) is 21.3. The van der Waals surface area contributed by atoms with Gasteiger partial charge in [0.15, 0.2) is 5.82 Å². The number of ether oxygens (including phenoxy) is 2. The molecule has 2 aromatic rings. The van der Waals surface area contributed by atoms with Gasteiger partial charge in [0.05, 0.1) is 25.5 Å². The molecule has 2 aliphatic heterocycles. The number of hydrogen-bond donors (Lipinski definition) is 0. The van der Waals surface area contributed by atoms with E-state index in [1.165, 1.54) is 4.57 Å². The second kappa shape index (κ2) is 11.1. The second-order valence-electron chi connectivity index (χ2n) is 8.78. The molecular weight excluding hydrogens is 510 g/mol. The van der Waals surface area contributed by atoms with Crippen LogP contribution >= 0.6 is 11.6 Å². The first-order valence-electron chi connectivity index (χ1n) is 12.4. The fraction of sp³-hybridized carbons (Fsp3) is 0.609. The fourth-order valence-corrected chi connectivity index (χ4v) is 4.89. The largest absolute Gasteiger partial charge is 0.492 e. The van der Waals surface area contributed by atoms with Crippen LogP contribution in [0, 0.1) is 0 Å². The summed E-state index contributed by atoms with van der Waals surface area (Å²) in [5.41, 5.74) is 0.982. The number of imidazole rings is 1. The number of halogens is 3. The number of anilines is 2. The lowest BCUT2D eigenvalue weighted by Gasteiger charge is -2.35. The van der Waals surface area contributed by atoms with Gasteiger partial charge in [0, 0.05) is 39.3 Å². The van der Waals surface area contributed by atoms with Gasteiger partial charge in [0.2, 0.25) is 23.8 Å². The van der Waals surface area contributed by atoms with Gasteiger partial charge in [0.1, 0.15) is 17.3 Å². The number of piperazine rings is 1. The highest BCUT2D eigenvalue weighted by Crippen LogP contribution is 2.33.